The molecule has 150 valence electrons. The summed E-state index contributed by atoms with van der Waals surface area (Å²) in [5, 5.41) is 0. The molecule has 0 aliphatic carbocycles. The summed E-state index contributed by atoms with van der Waals surface area (Å²) in [6.45, 7) is 3.77. The highest BCUT2D eigenvalue weighted by Crippen LogP contribution is 2.39. The molecule has 2 aromatic carbocycles. The summed E-state index contributed by atoms with van der Waals surface area (Å²) in [7, 11) is 1.65. The third-order valence-electron chi connectivity index (χ3n) is 5.88. The number of methoxy groups -OCH3 is 1. The molecule has 1 heterocycles. The molecule has 1 unspecified atom stereocenters. The number of carbonyl (C=O) groups excluding carboxylic acids is 1. The predicted octanol–water partition coefficient (Wildman–Crippen LogP) is 3.93. The number of rotatable bonds is 9. The molecule has 1 amide bonds. The van der Waals surface area contributed by atoms with Crippen LogP contribution in [-0.2, 0) is 16.6 Å². The van der Waals surface area contributed by atoms with Crippen molar-refractivity contribution in [3.05, 3.63) is 65.7 Å². The van der Waals surface area contributed by atoms with Crippen LogP contribution in [0.1, 0.15) is 43.7 Å². The lowest BCUT2D eigenvalue weighted by Crippen LogP contribution is -2.64. The Hall–Kier alpha value is -2.33. The zero-order valence-corrected chi connectivity index (χ0v) is 17.1. The summed E-state index contributed by atoms with van der Waals surface area (Å²) in [6, 6.07) is 17.9. The zero-order chi connectivity index (χ0) is 20.0. The predicted molar refractivity (Wildman–Crippen MR) is 114 cm³/mol. The number of amides is 1. The number of unbranched alkanes of at least 4 members (excludes halogenated alkanes) is 2. The van der Waals surface area contributed by atoms with Crippen molar-refractivity contribution in [1.82, 2.24) is 4.90 Å². The summed E-state index contributed by atoms with van der Waals surface area (Å²) < 4.78 is 5.19. The Balaban J connectivity index is 1.61. The lowest BCUT2D eigenvalue weighted by atomic mass is 9.70. The van der Waals surface area contributed by atoms with E-state index in [0.717, 1.165) is 30.8 Å². The first-order valence-corrected chi connectivity index (χ1v) is 10.3. The van der Waals surface area contributed by atoms with Gasteiger partial charge < -0.3 is 15.4 Å². The molecular formula is C24H32N2O2. The van der Waals surface area contributed by atoms with Gasteiger partial charge in [-0.3, -0.25) is 4.79 Å². The number of hydrogen-bond acceptors (Lipinski definition) is 3. The average Bonchev–Trinajstić information content (AvgIpc) is 2.70. The van der Waals surface area contributed by atoms with Crippen LogP contribution in [0.5, 0.6) is 5.75 Å². The van der Waals surface area contributed by atoms with E-state index in [2.05, 4.69) is 37.3 Å². The molecule has 1 fully saturated rings. The van der Waals surface area contributed by atoms with E-state index in [-0.39, 0.29) is 11.3 Å². The van der Waals surface area contributed by atoms with E-state index in [1.165, 1.54) is 24.8 Å². The van der Waals surface area contributed by atoms with E-state index in [1.807, 2.05) is 29.2 Å². The molecule has 3 rings (SSSR count). The topological polar surface area (TPSA) is 55.6 Å². The maximum atomic E-state index is 12.9. The van der Waals surface area contributed by atoms with Crippen LogP contribution in [0.25, 0.3) is 0 Å². The van der Waals surface area contributed by atoms with Crippen molar-refractivity contribution >= 4 is 5.91 Å². The van der Waals surface area contributed by atoms with Crippen LogP contribution in [0.4, 0.5) is 0 Å². The number of hydrogen-bond donors (Lipinski definition) is 1. The van der Waals surface area contributed by atoms with Gasteiger partial charge in [0.15, 0.2) is 0 Å². The van der Waals surface area contributed by atoms with E-state index in [0.29, 0.717) is 6.42 Å². The van der Waals surface area contributed by atoms with Crippen LogP contribution >= 0.6 is 0 Å². The fraction of sp³-hybridized carbons (Fsp3) is 0.458. The summed E-state index contributed by atoms with van der Waals surface area (Å²) in [4.78, 5) is 14.8. The lowest BCUT2D eigenvalue weighted by Gasteiger charge is -2.51. The molecule has 2 aromatic rings. The van der Waals surface area contributed by atoms with Gasteiger partial charge in [-0.15, -0.1) is 0 Å². The number of nitrogens with zero attached hydrogens (tertiary/aromatic N) is 1. The van der Waals surface area contributed by atoms with E-state index < -0.39 is 6.04 Å². The monoisotopic (exact) mass is 380 g/mol. The van der Waals surface area contributed by atoms with Crippen LogP contribution in [0.2, 0.25) is 0 Å². The smallest absolute Gasteiger partial charge is 0.239 e. The molecular weight excluding hydrogens is 348 g/mol. The number of ether oxygens (including phenoxy) is 1. The minimum absolute atomic E-state index is 0.0536. The second kappa shape index (κ2) is 9.24. The van der Waals surface area contributed by atoms with Crippen LogP contribution in [0.3, 0.4) is 0 Å². The van der Waals surface area contributed by atoms with Gasteiger partial charge in [-0.2, -0.15) is 0 Å². The first kappa shape index (κ1) is 20.4. The quantitative estimate of drug-likeness (QED) is 0.671. The Morgan fingerprint density at radius 2 is 1.79 bits per heavy atom. The van der Waals surface area contributed by atoms with E-state index in [1.54, 1.807) is 7.11 Å². The molecule has 0 spiro atoms. The van der Waals surface area contributed by atoms with E-state index in [4.69, 9.17) is 10.5 Å². The number of carbonyl (C=O) groups is 1. The van der Waals surface area contributed by atoms with Gasteiger partial charge in [-0.05, 0) is 36.1 Å². The molecule has 4 heteroatoms. The van der Waals surface area contributed by atoms with Gasteiger partial charge in [-0.25, -0.2) is 0 Å². The first-order chi connectivity index (χ1) is 13.6. The highest BCUT2D eigenvalue weighted by atomic mass is 16.5. The Bertz CT molecular complexity index is 752. The molecule has 1 aliphatic heterocycles. The third-order valence-corrected chi connectivity index (χ3v) is 5.88. The van der Waals surface area contributed by atoms with Crippen molar-refractivity contribution in [3.63, 3.8) is 0 Å². The van der Waals surface area contributed by atoms with Gasteiger partial charge in [0.2, 0.25) is 5.91 Å². The van der Waals surface area contributed by atoms with Crippen molar-refractivity contribution in [2.45, 2.75) is 50.5 Å². The summed E-state index contributed by atoms with van der Waals surface area (Å²) in [5.41, 5.74) is 8.75. The highest BCUT2D eigenvalue weighted by Gasteiger charge is 2.46. The van der Waals surface area contributed by atoms with Gasteiger partial charge in [-0.1, -0.05) is 68.7 Å². The van der Waals surface area contributed by atoms with E-state index in [9.17, 15) is 4.79 Å². The number of benzene rings is 2. The van der Waals surface area contributed by atoms with Gasteiger partial charge in [0, 0.05) is 18.5 Å². The van der Waals surface area contributed by atoms with Crippen LogP contribution in [0, 0.1) is 0 Å². The fourth-order valence-corrected chi connectivity index (χ4v) is 4.17. The molecule has 1 saturated heterocycles. The van der Waals surface area contributed by atoms with Crippen molar-refractivity contribution in [3.8, 4) is 5.75 Å². The zero-order valence-electron chi connectivity index (χ0n) is 17.1. The second-order valence-electron chi connectivity index (χ2n) is 7.96. The Kier molecular flexibility index (Phi) is 6.74. The van der Waals surface area contributed by atoms with Crippen molar-refractivity contribution in [2.24, 2.45) is 5.73 Å². The molecule has 1 atom stereocenters. The van der Waals surface area contributed by atoms with Crippen LogP contribution < -0.4 is 10.5 Å². The van der Waals surface area contributed by atoms with Gasteiger partial charge in [0.05, 0.1) is 13.2 Å². The minimum Gasteiger partial charge on any atom is -0.497 e. The Morgan fingerprint density at radius 3 is 2.39 bits per heavy atom. The van der Waals surface area contributed by atoms with Gasteiger partial charge >= 0.3 is 0 Å². The molecule has 2 N–H and O–H groups in total. The second-order valence-corrected chi connectivity index (χ2v) is 7.96. The molecule has 1 aliphatic rings. The summed E-state index contributed by atoms with van der Waals surface area (Å²) >= 11 is 0. The standard InChI is InChI=1S/C24H32N2O2/c1-3-4-8-15-24(20-9-6-5-7-10-20)17-26(18-24)23(27)22(25)16-19-11-13-21(28-2)14-12-19/h5-7,9-14,22H,3-4,8,15-18,25H2,1-2H3. The fourth-order valence-electron chi connectivity index (χ4n) is 4.17. The van der Waals surface area contributed by atoms with Gasteiger partial charge in [0.1, 0.15) is 5.75 Å². The maximum Gasteiger partial charge on any atom is 0.239 e. The lowest BCUT2D eigenvalue weighted by molar-refractivity contribution is -0.140. The van der Waals surface area contributed by atoms with Crippen molar-refractivity contribution in [1.29, 1.82) is 0 Å². The minimum atomic E-state index is -0.502. The van der Waals surface area contributed by atoms with Crippen LogP contribution in [-0.4, -0.2) is 37.0 Å². The number of likely N-dealkylation sites (tertiary alicyclic amines) is 1. The van der Waals surface area contributed by atoms with Crippen molar-refractivity contribution < 1.29 is 9.53 Å². The molecule has 0 radical (unpaired) electrons. The summed E-state index contributed by atoms with van der Waals surface area (Å²) in [6.07, 6.45) is 5.32. The number of nitrogens with two attached hydrogens (primary N) is 1. The molecule has 0 bridgehead atoms. The molecule has 4 nitrogen and oxygen atoms in total. The molecule has 0 aromatic heterocycles. The largest absolute Gasteiger partial charge is 0.497 e. The normalized spacial score (nSPS) is 16.3. The molecule has 28 heavy (non-hydrogen) atoms. The Labute approximate surface area is 168 Å². The first-order valence-electron chi connectivity index (χ1n) is 10.3. The highest BCUT2D eigenvalue weighted by molar-refractivity contribution is 5.83. The van der Waals surface area contributed by atoms with Crippen molar-refractivity contribution in [2.75, 3.05) is 20.2 Å². The molecule has 0 saturated carbocycles. The Morgan fingerprint density at radius 1 is 1.11 bits per heavy atom. The SMILES string of the molecule is CCCCCC1(c2ccccc2)CN(C(=O)C(N)Cc2ccc(OC)cc2)C1. The van der Waals surface area contributed by atoms with E-state index >= 15 is 0 Å². The van der Waals surface area contributed by atoms with Crippen LogP contribution in [0.15, 0.2) is 54.6 Å². The van der Waals surface area contributed by atoms with Gasteiger partial charge in [0.25, 0.3) is 0 Å². The average molecular weight is 381 g/mol. The third kappa shape index (κ3) is 4.56. The maximum absolute atomic E-state index is 12.9. The summed E-state index contributed by atoms with van der Waals surface area (Å²) in [5.74, 6) is 0.865.